The summed E-state index contributed by atoms with van der Waals surface area (Å²) in [6, 6.07) is 9.19. The highest BCUT2D eigenvalue weighted by Crippen LogP contribution is 2.19. The van der Waals surface area contributed by atoms with Gasteiger partial charge in [-0.3, -0.25) is 4.79 Å². The molecule has 1 aromatic rings. The molecular formula is C13H14O4. The largest absolute Gasteiger partial charge is 0.481 e. The van der Waals surface area contributed by atoms with Crippen LogP contribution in [0.15, 0.2) is 36.4 Å². The third-order valence-corrected chi connectivity index (χ3v) is 2.25. The number of allylic oxidation sites excluding steroid dienone is 1. The van der Waals surface area contributed by atoms with E-state index in [1.54, 1.807) is 0 Å². The Hall–Kier alpha value is -2.10. The SMILES string of the molecule is COC(=O)/C=C(/CCC(=O)O)c1ccccc1. The predicted octanol–water partition coefficient (Wildman–Crippen LogP) is 2.11. The molecule has 1 rings (SSSR count). The van der Waals surface area contributed by atoms with E-state index in [4.69, 9.17) is 5.11 Å². The summed E-state index contributed by atoms with van der Waals surface area (Å²) in [5, 5.41) is 8.66. The van der Waals surface area contributed by atoms with Crippen molar-refractivity contribution in [1.82, 2.24) is 0 Å². The first kappa shape index (κ1) is 13.0. The third kappa shape index (κ3) is 4.51. The molecule has 4 nitrogen and oxygen atoms in total. The average Bonchev–Trinajstić information content (AvgIpc) is 2.35. The number of carboxylic acids is 1. The number of rotatable bonds is 5. The van der Waals surface area contributed by atoms with E-state index in [1.165, 1.54) is 13.2 Å². The molecule has 0 aliphatic rings. The molecule has 0 radical (unpaired) electrons. The van der Waals surface area contributed by atoms with E-state index in [-0.39, 0.29) is 6.42 Å². The van der Waals surface area contributed by atoms with Gasteiger partial charge in [0.25, 0.3) is 0 Å². The number of esters is 1. The van der Waals surface area contributed by atoms with Gasteiger partial charge in [-0.05, 0) is 17.6 Å². The van der Waals surface area contributed by atoms with Gasteiger partial charge in [0.05, 0.1) is 7.11 Å². The first-order valence-corrected chi connectivity index (χ1v) is 5.19. The normalized spacial score (nSPS) is 11.0. The Morgan fingerprint density at radius 1 is 1.24 bits per heavy atom. The highest BCUT2D eigenvalue weighted by Gasteiger charge is 2.07. The number of carbonyl (C=O) groups excluding carboxylic acids is 1. The molecule has 0 heterocycles. The maximum absolute atomic E-state index is 11.2. The molecule has 0 bridgehead atoms. The van der Waals surface area contributed by atoms with Gasteiger partial charge in [-0.2, -0.15) is 0 Å². The molecule has 0 saturated heterocycles. The molecule has 90 valence electrons. The van der Waals surface area contributed by atoms with Crippen LogP contribution in [0.25, 0.3) is 5.57 Å². The molecule has 0 amide bonds. The number of benzene rings is 1. The number of hydrogen-bond acceptors (Lipinski definition) is 3. The Kier molecular flexibility index (Phi) is 4.94. The monoisotopic (exact) mass is 234 g/mol. The Morgan fingerprint density at radius 3 is 2.41 bits per heavy atom. The number of methoxy groups -OCH3 is 1. The minimum Gasteiger partial charge on any atom is -0.481 e. The molecule has 0 spiro atoms. The van der Waals surface area contributed by atoms with Crippen LogP contribution in [-0.2, 0) is 14.3 Å². The van der Waals surface area contributed by atoms with E-state index in [2.05, 4.69) is 4.74 Å². The van der Waals surface area contributed by atoms with Crippen molar-refractivity contribution < 1.29 is 19.4 Å². The van der Waals surface area contributed by atoms with Gasteiger partial charge in [0.1, 0.15) is 0 Å². The first-order valence-electron chi connectivity index (χ1n) is 5.19. The van der Waals surface area contributed by atoms with Crippen LogP contribution >= 0.6 is 0 Å². The molecule has 0 aliphatic carbocycles. The first-order chi connectivity index (χ1) is 8.13. The van der Waals surface area contributed by atoms with E-state index in [9.17, 15) is 9.59 Å². The maximum atomic E-state index is 11.2. The number of hydrogen-bond donors (Lipinski definition) is 1. The van der Waals surface area contributed by atoms with E-state index in [0.717, 1.165) is 5.56 Å². The van der Waals surface area contributed by atoms with Crippen LogP contribution in [0.4, 0.5) is 0 Å². The molecular weight excluding hydrogens is 220 g/mol. The van der Waals surface area contributed by atoms with Crippen molar-refractivity contribution in [1.29, 1.82) is 0 Å². The molecule has 17 heavy (non-hydrogen) atoms. The van der Waals surface area contributed by atoms with Crippen molar-refractivity contribution in [2.75, 3.05) is 7.11 Å². The van der Waals surface area contributed by atoms with Gasteiger partial charge in [0.15, 0.2) is 0 Å². The second-order valence-electron chi connectivity index (χ2n) is 3.45. The Balaban J connectivity index is 2.90. The van der Waals surface area contributed by atoms with Gasteiger partial charge >= 0.3 is 11.9 Å². The lowest BCUT2D eigenvalue weighted by atomic mass is 10.0. The fraction of sp³-hybridized carbons (Fsp3) is 0.231. The van der Waals surface area contributed by atoms with Crippen molar-refractivity contribution >= 4 is 17.5 Å². The smallest absolute Gasteiger partial charge is 0.330 e. The van der Waals surface area contributed by atoms with Crippen LogP contribution in [0.3, 0.4) is 0 Å². The van der Waals surface area contributed by atoms with Crippen LogP contribution in [0.1, 0.15) is 18.4 Å². The van der Waals surface area contributed by atoms with Crippen molar-refractivity contribution in [3.8, 4) is 0 Å². The summed E-state index contributed by atoms with van der Waals surface area (Å²) in [6.07, 6.45) is 1.62. The quantitative estimate of drug-likeness (QED) is 0.626. The predicted molar refractivity (Wildman–Crippen MR) is 63.3 cm³/mol. The molecule has 0 unspecified atom stereocenters. The van der Waals surface area contributed by atoms with Crippen LogP contribution in [0.2, 0.25) is 0 Å². The molecule has 1 aromatic carbocycles. The molecule has 0 fully saturated rings. The van der Waals surface area contributed by atoms with Gasteiger partial charge in [0, 0.05) is 12.5 Å². The summed E-state index contributed by atoms with van der Waals surface area (Å²) in [4.78, 5) is 21.7. The summed E-state index contributed by atoms with van der Waals surface area (Å²) in [6.45, 7) is 0. The van der Waals surface area contributed by atoms with Gasteiger partial charge < -0.3 is 9.84 Å². The van der Waals surface area contributed by atoms with E-state index < -0.39 is 11.9 Å². The number of carbonyl (C=O) groups is 2. The average molecular weight is 234 g/mol. The van der Waals surface area contributed by atoms with E-state index >= 15 is 0 Å². The summed E-state index contributed by atoms with van der Waals surface area (Å²) in [5.41, 5.74) is 1.50. The zero-order valence-electron chi connectivity index (χ0n) is 9.55. The zero-order valence-corrected chi connectivity index (χ0v) is 9.55. The summed E-state index contributed by atoms with van der Waals surface area (Å²) in [5.74, 6) is -1.37. The molecule has 0 atom stereocenters. The highest BCUT2D eigenvalue weighted by atomic mass is 16.5. The minimum atomic E-state index is -0.892. The molecule has 4 heteroatoms. The topological polar surface area (TPSA) is 63.6 Å². The molecule has 1 N–H and O–H groups in total. The third-order valence-electron chi connectivity index (χ3n) is 2.25. The number of aliphatic carboxylic acids is 1. The lowest BCUT2D eigenvalue weighted by Crippen LogP contribution is -2.00. The number of carboxylic acid groups (broad SMARTS) is 1. The Bertz CT molecular complexity index is 420. The fourth-order valence-electron chi connectivity index (χ4n) is 1.39. The lowest BCUT2D eigenvalue weighted by molar-refractivity contribution is -0.137. The van der Waals surface area contributed by atoms with Crippen molar-refractivity contribution in [3.63, 3.8) is 0 Å². The van der Waals surface area contributed by atoms with Crippen LogP contribution < -0.4 is 0 Å². The number of ether oxygens (including phenoxy) is 1. The van der Waals surface area contributed by atoms with Gasteiger partial charge in [-0.1, -0.05) is 30.3 Å². The summed E-state index contributed by atoms with van der Waals surface area (Å²) >= 11 is 0. The van der Waals surface area contributed by atoms with Crippen molar-refractivity contribution in [2.45, 2.75) is 12.8 Å². The van der Waals surface area contributed by atoms with Crippen molar-refractivity contribution in [3.05, 3.63) is 42.0 Å². The molecule has 0 saturated carbocycles. The maximum Gasteiger partial charge on any atom is 0.330 e. The van der Waals surface area contributed by atoms with E-state index in [0.29, 0.717) is 12.0 Å². The molecule has 0 aromatic heterocycles. The second kappa shape index (κ2) is 6.48. The minimum absolute atomic E-state index is 0.0161. The van der Waals surface area contributed by atoms with Crippen LogP contribution in [0.5, 0.6) is 0 Å². The molecule has 0 aliphatic heterocycles. The second-order valence-corrected chi connectivity index (χ2v) is 3.45. The van der Waals surface area contributed by atoms with E-state index in [1.807, 2.05) is 30.3 Å². The van der Waals surface area contributed by atoms with Crippen LogP contribution in [0, 0.1) is 0 Å². The van der Waals surface area contributed by atoms with Gasteiger partial charge in [-0.25, -0.2) is 4.79 Å². The van der Waals surface area contributed by atoms with Crippen LogP contribution in [-0.4, -0.2) is 24.2 Å². The highest BCUT2D eigenvalue weighted by molar-refractivity contribution is 5.91. The summed E-state index contributed by atoms with van der Waals surface area (Å²) in [7, 11) is 1.29. The summed E-state index contributed by atoms with van der Waals surface area (Å²) < 4.78 is 4.55. The Morgan fingerprint density at radius 2 is 1.88 bits per heavy atom. The zero-order chi connectivity index (χ0) is 12.7. The standard InChI is InChI=1S/C13H14O4/c1-17-13(16)9-11(7-8-12(14)15)10-5-3-2-4-6-10/h2-6,9H,7-8H2,1H3,(H,14,15)/b11-9-. The fourth-order valence-corrected chi connectivity index (χ4v) is 1.39. The van der Waals surface area contributed by atoms with Gasteiger partial charge in [0.2, 0.25) is 0 Å². The van der Waals surface area contributed by atoms with Crippen molar-refractivity contribution in [2.24, 2.45) is 0 Å². The Labute approximate surface area is 99.5 Å². The lowest BCUT2D eigenvalue weighted by Gasteiger charge is -2.05. The van der Waals surface area contributed by atoms with Gasteiger partial charge in [-0.15, -0.1) is 0 Å².